The second-order valence-electron chi connectivity index (χ2n) is 4.26. The molecule has 0 radical (unpaired) electrons. The molecule has 96 valence electrons. The van der Waals surface area contributed by atoms with Gasteiger partial charge in [0.25, 0.3) is 0 Å². The summed E-state index contributed by atoms with van der Waals surface area (Å²) in [6.45, 7) is 4.98. The number of carbonyl (C=O) groups is 1. The fourth-order valence-corrected chi connectivity index (χ4v) is 1.65. The summed E-state index contributed by atoms with van der Waals surface area (Å²) in [4.78, 5) is 14.3. The number of azide groups is 1. The molecule has 0 saturated carbocycles. The van der Waals surface area contributed by atoms with Crippen LogP contribution in [0.15, 0.2) is 23.3 Å². The van der Waals surface area contributed by atoms with Crippen LogP contribution in [0.3, 0.4) is 0 Å². The molecule has 5 nitrogen and oxygen atoms in total. The van der Waals surface area contributed by atoms with Crippen LogP contribution in [0.2, 0.25) is 0 Å². The predicted molar refractivity (Wildman–Crippen MR) is 71.3 cm³/mol. The zero-order chi connectivity index (χ0) is 13.4. The summed E-state index contributed by atoms with van der Waals surface area (Å²) in [6, 6.07) is 6.10. The van der Waals surface area contributed by atoms with E-state index in [0.717, 1.165) is 16.7 Å². The third-order valence-corrected chi connectivity index (χ3v) is 2.68. The van der Waals surface area contributed by atoms with E-state index in [1.807, 2.05) is 32.0 Å². The molecule has 0 saturated heterocycles. The molecule has 1 aromatic carbocycles. The fourth-order valence-electron chi connectivity index (χ4n) is 1.65. The Balaban J connectivity index is 2.39. The monoisotopic (exact) mass is 246 g/mol. The van der Waals surface area contributed by atoms with Crippen molar-refractivity contribution in [2.45, 2.75) is 26.7 Å². The highest BCUT2D eigenvalue weighted by atomic mass is 16.1. The minimum absolute atomic E-state index is 0.00429. The molecule has 18 heavy (non-hydrogen) atoms. The molecular formula is C13H18N4O. The van der Waals surface area contributed by atoms with Crippen molar-refractivity contribution >= 4 is 5.91 Å². The Morgan fingerprint density at radius 2 is 2.22 bits per heavy atom. The van der Waals surface area contributed by atoms with Crippen LogP contribution in [0.5, 0.6) is 0 Å². The average Bonchev–Trinajstić information content (AvgIpc) is 2.33. The van der Waals surface area contributed by atoms with Crippen molar-refractivity contribution < 1.29 is 4.79 Å². The van der Waals surface area contributed by atoms with E-state index in [0.29, 0.717) is 25.9 Å². The highest BCUT2D eigenvalue weighted by Gasteiger charge is 2.05. The van der Waals surface area contributed by atoms with Crippen LogP contribution in [-0.4, -0.2) is 19.0 Å². The molecule has 0 bridgehead atoms. The van der Waals surface area contributed by atoms with Crippen LogP contribution in [0.25, 0.3) is 10.4 Å². The van der Waals surface area contributed by atoms with Crippen molar-refractivity contribution in [1.29, 1.82) is 0 Å². The molecular weight excluding hydrogens is 228 g/mol. The van der Waals surface area contributed by atoms with Crippen LogP contribution in [0.1, 0.15) is 23.1 Å². The molecule has 0 heterocycles. The Morgan fingerprint density at radius 3 is 2.94 bits per heavy atom. The summed E-state index contributed by atoms with van der Waals surface area (Å²) in [5.41, 5.74) is 11.4. The number of amides is 1. The lowest BCUT2D eigenvalue weighted by Crippen LogP contribution is -2.26. The van der Waals surface area contributed by atoms with E-state index in [4.69, 9.17) is 5.53 Å². The SMILES string of the molecule is Cc1ccc(C)c(CC(=O)NCCCN=[N+]=[N-])c1. The number of aryl methyl sites for hydroxylation is 2. The van der Waals surface area contributed by atoms with Gasteiger partial charge in [0.1, 0.15) is 0 Å². The standard InChI is InChI=1S/C13H18N4O/c1-10-4-5-11(2)12(8-10)9-13(18)15-6-3-7-16-17-14/h4-5,8H,3,6-7,9H2,1-2H3,(H,15,18). The topological polar surface area (TPSA) is 77.9 Å². The Kier molecular flexibility index (Phi) is 5.74. The minimum Gasteiger partial charge on any atom is -0.356 e. The molecule has 1 aromatic rings. The smallest absolute Gasteiger partial charge is 0.224 e. The molecule has 1 rings (SSSR count). The van der Waals surface area contributed by atoms with Crippen molar-refractivity contribution in [1.82, 2.24) is 5.32 Å². The summed E-state index contributed by atoms with van der Waals surface area (Å²) >= 11 is 0. The van der Waals surface area contributed by atoms with Gasteiger partial charge in [-0.3, -0.25) is 4.79 Å². The first-order chi connectivity index (χ1) is 8.63. The predicted octanol–water partition coefficient (Wildman–Crippen LogP) is 2.66. The van der Waals surface area contributed by atoms with E-state index >= 15 is 0 Å². The molecule has 0 spiro atoms. The largest absolute Gasteiger partial charge is 0.356 e. The first kappa shape index (κ1) is 14.1. The average molecular weight is 246 g/mol. The Labute approximate surface area is 107 Å². The van der Waals surface area contributed by atoms with Crippen LogP contribution >= 0.6 is 0 Å². The van der Waals surface area contributed by atoms with Crippen molar-refractivity contribution in [2.75, 3.05) is 13.1 Å². The Bertz CT molecular complexity index is 464. The molecule has 5 heteroatoms. The van der Waals surface area contributed by atoms with Gasteiger partial charge in [-0.25, -0.2) is 0 Å². The van der Waals surface area contributed by atoms with Gasteiger partial charge >= 0.3 is 0 Å². The molecule has 0 aliphatic carbocycles. The molecule has 0 aliphatic heterocycles. The van der Waals surface area contributed by atoms with Crippen molar-refractivity contribution in [2.24, 2.45) is 5.11 Å². The van der Waals surface area contributed by atoms with Crippen LogP contribution in [0, 0.1) is 13.8 Å². The number of nitrogens with zero attached hydrogens (tertiary/aromatic N) is 3. The van der Waals surface area contributed by atoms with Gasteiger partial charge in [-0.05, 0) is 36.9 Å². The van der Waals surface area contributed by atoms with E-state index in [1.165, 1.54) is 0 Å². The van der Waals surface area contributed by atoms with Gasteiger partial charge in [0, 0.05) is 18.0 Å². The summed E-state index contributed by atoms with van der Waals surface area (Å²) in [7, 11) is 0. The van der Waals surface area contributed by atoms with Gasteiger partial charge in [0.15, 0.2) is 0 Å². The quantitative estimate of drug-likeness (QED) is 0.356. The number of hydrogen-bond donors (Lipinski definition) is 1. The number of nitrogens with one attached hydrogen (secondary N) is 1. The third-order valence-electron chi connectivity index (χ3n) is 2.68. The van der Waals surface area contributed by atoms with Crippen molar-refractivity contribution in [3.63, 3.8) is 0 Å². The molecule has 0 fully saturated rings. The summed E-state index contributed by atoms with van der Waals surface area (Å²) < 4.78 is 0. The zero-order valence-electron chi connectivity index (χ0n) is 10.8. The van der Waals surface area contributed by atoms with Gasteiger partial charge in [-0.15, -0.1) is 0 Å². The van der Waals surface area contributed by atoms with Crippen LogP contribution in [0.4, 0.5) is 0 Å². The fraction of sp³-hybridized carbons (Fsp3) is 0.462. The van der Waals surface area contributed by atoms with Gasteiger partial charge in [-0.2, -0.15) is 0 Å². The zero-order valence-corrected chi connectivity index (χ0v) is 10.8. The second-order valence-corrected chi connectivity index (χ2v) is 4.26. The Hall–Kier alpha value is -2.00. The number of benzene rings is 1. The number of rotatable bonds is 6. The highest BCUT2D eigenvalue weighted by molar-refractivity contribution is 5.78. The maximum Gasteiger partial charge on any atom is 0.224 e. The van der Waals surface area contributed by atoms with Crippen LogP contribution < -0.4 is 5.32 Å². The molecule has 0 atom stereocenters. The maximum absolute atomic E-state index is 11.7. The maximum atomic E-state index is 11.7. The number of hydrogen-bond acceptors (Lipinski definition) is 2. The Morgan fingerprint density at radius 1 is 1.44 bits per heavy atom. The van der Waals surface area contributed by atoms with E-state index in [2.05, 4.69) is 15.3 Å². The molecule has 1 amide bonds. The molecule has 0 aromatic heterocycles. The van der Waals surface area contributed by atoms with Gasteiger partial charge < -0.3 is 5.32 Å². The lowest BCUT2D eigenvalue weighted by Gasteiger charge is -2.07. The van der Waals surface area contributed by atoms with E-state index in [1.54, 1.807) is 0 Å². The number of carbonyl (C=O) groups excluding carboxylic acids is 1. The summed E-state index contributed by atoms with van der Waals surface area (Å²) in [5, 5.41) is 6.22. The lowest BCUT2D eigenvalue weighted by molar-refractivity contribution is -0.120. The normalized spacial score (nSPS) is 9.67. The second kappa shape index (κ2) is 7.35. The van der Waals surface area contributed by atoms with Gasteiger partial charge in [-0.1, -0.05) is 28.9 Å². The van der Waals surface area contributed by atoms with Gasteiger partial charge in [0.05, 0.1) is 6.42 Å². The minimum atomic E-state index is 0.00429. The van der Waals surface area contributed by atoms with Gasteiger partial charge in [0.2, 0.25) is 5.91 Å². The molecule has 1 N–H and O–H groups in total. The first-order valence-corrected chi connectivity index (χ1v) is 5.97. The van der Waals surface area contributed by atoms with Crippen molar-refractivity contribution in [3.05, 3.63) is 45.3 Å². The van der Waals surface area contributed by atoms with Crippen LogP contribution in [-0.2, 0) is 11.2 Å². The molecule has 0 aliphatic rings. The third kappa shape index (κ3) is 4.89. The van der Waals surface area contributed by atoms with E-state index < -0.39 is 0 Å². The molecule has 0 unspecified atom stereocenters. The lowest BCUT2D eigenvalue weighted by atomic mass is 10.0. The summed E-state index contributed by atoms with van der Waals surface area (Å²) in [5.74, 6) is 0.00429. The van der Waals surface area contributed by atoms with E-state index in [9.17, 15) is 4.79 Å². The van der Waals surface area contributed by atoms with Crippen molar-refractivity contribution in [3.8, 4) is 0 Å². The summed E-state index contributed by atoms with van der Waals surface area (Å²) in [6.07, 6.45) is 1.07. The highest BCUT2D eigenvalue weighted by Crippen LogP contribution is 2.11. The first-order valence-electron chi connectivity index (χ1n) is 5.97. The van der Waals surface area contributed by atoms with E-state index in [-0.39, 0.29) is 5.91 Å².